The minimum absolute atomic E-state index is 0.175. The van der Waals surface area contributed by atoms with E-state index in [9.17, 15) is 4.79 Å². The Bertz CT molecular complexity index is 246. The predicted octanol–water partition coefficient (Wildman–Crippen LogP) is 0.871. The molecule has 0 aromatic rings. The lowest BCUT2D eigenvalue weighted by Crippen LogP contribution is -2.42. The first-order chi connectivity index (χ1) is 8.29. The summed E-state index contributed by atoms with van der Waals surface area (Å²) in [6, 6.07) is 0. The number of amides is 1. The van der Waals surface area contributed by atoms with Crippen molar-refractivity contribution >= 4 is 5.91 Å². The predicted molar refractivity (Wildman–Crippen MR) is 66.8 cm³/mol. The molecule has 2 aliphatic rings. The number of piperidine rings is 1. The van der Waals surface area contributed by atoms with Crippen LogP contribution in [-0.4, -0.2) is 50.7 Å². The number of carbonyl (C=O) groups is 1. The number of carbonyl (C=O) groups excluding carboxylic acids is 1. The number of rotatable bonds is 6. The van der Waals surface area contributed by atoms with E-state index in [0.29, 0.717) is 0 Å². The molecule has 1 saturated heterocycles. The van der Waals surface area contributed by atoms with Crippen molar-refractivity contribution in [3.8, 4) is 0 Å². The Hall–Kier alpha value is -0.610. The summed E-state index contributed by atoms with van der Waals surface area (Å²) < 4.78 is 5.44. The van der Waals surface area contributed by atoms with Crippen LogP contribution in [0.2, 0.25) is 0 Å². The second kappa shape index (κ2) is 6.36. The lowest BCUT2D eigenvalue weighted by molar-refractivity contribution is -0.137. The summed E-state index contributed by atoms with van der Waals surface area (Å²) in [5.74, 6) is 1.65. The molecule has 2 fully saturated rings. The van der Waals surface area contributed by atoms with E-state index in [2.05, 4.69) is 5.32 Å². The molecular weight excluding hydrogens is 216 g/mol. The van der Waals surface area contributed by atoms with Crippen LogP contribution in [0.4, 0.5) is 0 Å². The lowest BCUT2D eigenvalue weighted by atomic mass is 9.97. The minimum atomic E-state index is 0.175. The summed E-state index contributed by atoms with van der Waals surface area (Å²) in [6.45, 7) is 3.94. The molecule has 98 valence electrons. The van der Waals surface area contributed by atoms with Crippen LogP contribution in [0.25, 0.3) is 0 Å². The number of hydrogen-bond acceptors (Lipinski definition) is 3. The molecule has 2 rings (SSSR count). The zero-order valence-corrected chi connectivity index (χ0v) is 10.8. The van der Waals surface area contributed by atoms with Crippen molar-refractivity contribution in [3.05, 3.63) is 0 Å². The SMILES string of the molecule is CNCC1CCN(C(=O)COCC2CC2)CC1. The van der Waals surface area contributed by atoms with Gasteiger partial charge in [-0.15, -0.1) is 0 Å². The molecule has 1 amide bonds. The molecule has 17 heavy (non-hydrogen) atoms. The maximum absolute atomic E-state index is 11.8. The zero-order chi connectivity index (χ0) is 12.1. The van der Waals surface area contributed by atoms with Gasteiger partial charge >= 0.3 is 0 Å². The van der Waals surface area contributed by atoms with Gasteiger partial charge in [0.25, 0.3) is 0 Å². The van der Waals surface area contributed by atoms with Crippen LogP contribution in [0.5, 0.6) is 0 Å². The van der Waals surface area contributed by atoms with Crippen LogP contribution in [0.3, 0.4) is 0 Å². The van der Waals surface area contributed by atoms with E-state index in [-0.39, 0.29) is 12.5 Å². The van der Waals surface area contributed by atoms with Crippen LogP contribution >= 0.6 is 0 Å². The molecule has 0 unspecified atom stereocenters. The quantitative estimate of drug-likeness (QED) is 0.749. The van der Waals surface area contributed by atoms with Gasteiger partial charge in [0.05, 0.1) is 6.61 Å². The topological polar surface area (TPSA) is 41.6 Å². The highest BCUT2D eigenvalue weighted by Gasteiger charge is 2.24. The highest BCUT2D eigenvalue weighted by molar-refractivity contribution is 5.77. The first kappa shape index (κ1) is 12.8. The lowest BCUT2D eigenvalue weighted by Gasteiger charge is -2.31. The molecule has 1 aliphatic heterocycles. The maximum Gasteiger partial charge on any atom is 0.248 e. The van der Waals surface area contributed by atoms with Crippen LogP contribution in [-0.2, 0) is 9.53 Å². The standard InChI is InChI=1S/C13H24N2O2/c1-14-8-11-4-6-15(7-5-11)13(16)10-17-9-12-2-3-12/h11-12,14H,2-10H2,1H3. The number of hydrogen-bond donors (Lipinski definition) is 1. The molecule has 1 saturated carbocycles. The Morgan fingerprint density at radius 2 is 1.94 bits per heavy atom. The second-order valence-electron chi connectivity index (χ2n) is 5.34. The minimum Gasteiger partial charge on any atom is -0.371 e. The van der Waals surface area contributed by atoms with Crippen molar-refractivity contribution in [2.75, 3.05) is 39.9 Å². The smallest absolute Gasteiger partial charge is 0.248 e. The van der Waals surface area contributed by atoms with Gasteiger partial charge in [0.15, 0.2) is 0 Å². The average molecular weight is 240 g/mol. The second-order valence-corrected chi connectivity index (χ2v) is 5.34. The fourth-order valence-electron chi connectivity index (χ4n) is 2.36. The highest BCUT2D eigenvalue weighted by Crippen LogP contribution is 2.28. The molecule has 4 heteroatoms. The van der Waals surface area contributed by atoms with Gasteiger partial charge in [-0.2, -0.15) is 0 Å². The van der Waals surface area contributed by atoms with Crippen LogP contribution in [0.15, 0.2) is 0 Å². The molecule has 1 heterocycles. The fraction of sp³-hybridized carbons (Fsp3) is 0.923. The number of likely N-dealkylation sites (tertiary alicyclic amines) is 1. The normalized spacial score (nSPS) is 21.8. The summed E-state index contributed by atoms with van der Waals surface area (Å²) in [6.07, 6.45) is 4.80. The molecule has 1 N–H and O–H groups in total. The molecule has 0 radical (unpaired) electrons. The van der Waals surface area contributed by atoms with Crippen molar-refractivity contribution in [2.45, 2.75) is 25.7 Å². The van der Waals surface area contributed by atoms with Crippen LogP contribution in [0, 0.1) is 11.8 Å². The van der Waals surface area contributed by atoms with Gasteiger partial charge in [0, 0.05) is 13.1 Å². The third-order valence-corrected chi connectivity index (χ3v) is 3.74. The average Bonchev–Trinajstić information content (AvgIpc) is 3.14. The molecular formula is C13H24N2O2. The van der Waals surface area contributed by atoms with E-state index in [4.69, 9.17) is 4.74 Å². The van der Waals surface area contributed by atoms with E-state index in [1.807, 2.05) is 11.9 Å². The Morgan fingerprint density at radius 3 is 2.53 bits per heavy atom. The maximum atomic E-state index is 11.8. The van der Waals surface area contributed by atoms with E-state index in [1.165, 1.54) is 12.8 Å². The zero-order valence-electron chi connectivity index (χ0n) is 10.8. The molecule has 0 aromatic carbocycles. The number of nitrogens with one attached hydrogen (secondary N) is 1. The van der Waals surface area contributed by atoms with Crippen molar-refractivity contribution in [1.82, 2.24) is 10.2 Å². The Morgan fingerprint density at radius 1 is 1.24 bits per heavy atom. The molecule has 4 nitrogen and oxygen atoms in total. The summed E-state index contributed by atoms with van der Waals surface area (Å²) in [5, 5.41) is 3.21. The van der Waals surface area contributed by atoms with E-state index in [1.54, 1.807) is 0 Å². The molecule has 0 atom stereocenters. The van der Waals surface area contributed by atoms with Gasteiger partial charge in [0.2, 0.25) is 5.91 Å². The number of nitrogens with zero attached hydrogens (tertiary/aromatic N) is 1. The van der Waals surface area contributed by atoms with Gasteiger partial charge < -0.3 is 15.0 Å². The van der Waals surface area contributed by atoms with Gasteiger partial charge in [-0.3, -0.25) is 4.79 Å². The molecule has 0 aromatic heterocycles. The van der Waals surface area contributed by atoms with E-state index >= 15 is 0 Å². The first-order valence-corrected chi connectivity index (χ1v) is 6.79. The van der Waals surface area contributed by atoms with E-state index < -0.39 is 0 Å². The monoisotopic (exact) mass is 240 g/mol. The Balaban J connectivity index is 1.59. The summed E-state index contributed by atoms with van der Waals surface area (Å²) in [7, 11) is 1.99. The van der Waals surface area contributed by atoms with Crippen LogP contribution < -0.4 is 5.32 Å². The van der Waals surface area contributed by atoms with E-state index in [0.717, 1.165) is 50.9 Å². The van der Waals surface area contributed by atoms with Gasteiger partial charge in [-0.05, 0) is 51.1 Å². The van der Waals surface area contributed by atoms with Crippen molar-refractivity contribution in [2.24, 2.45) is 11.8 Å². The van der Waals surface area contributed by atoms with Gasteiger partial charge in [0.1, 0.15) is 6.61 Å². The van der Waals surface area contributed by atoms with Gasteiger partial charge in [-0.25, -0.2) is 0 Å². The third kappa shape index (κ3) is 4.28. The summed E-state index contributed by atoms with van der Waals surface area (Å²) in [4.78, 5) is 13.8. The third-order valence-electron chi connectivity index (χ3n) is 3.74. The largest absolute Gasteiger partial charge is 0.371 e. The van der Waals surface area contributed by atoms with Crippen molar-refractivity contribution in [1.29, 1.82) is 0 Å². The molecule has 0 spiro atoms. The van der Waals surface area contributed by atoms with Crippen LogP contribution in [0.1, 0.15) is 25.7 Å². The summed E-state index contributed by atoms with van der Waals surface area (Å²) >= 11 is 0. The highest BCUT2D eigenvalue weighted by atomic mass is 16.5. The Kier molecular flexibility index (Phi) is 4.80. The van der Waals surface area contributed by atoms with Crippen molar-refractivity contribution in [3.63, 3.8) is 0 Å². The van der Waals surface area contributed by atoms with Crippen molar-refractivity contribution < 1.29 is 9.53 Å². The number of ether oxygens (including phenoxy) is 1. The summed E-state index contributed by atoms with van der Waals surface area (Å²) in [5.41, 5.74) is 0. The molecule has 0 bridgehead atoms. The first-order valence-electron chi connectivity index (χ1n) is 6.79. The van der Waals surface area contributed by atoms with Gasteiger partial charge in [-0.1, -0.05) is 0 Å². The molecule has 1 aliphatic carbocycles. The Labute approximate surface area is 104 Å². The fourth-order valence-corrected chi connectivity index (χ4v) is 2.36.